The molecule has 0 unspecified atom stereocenters. The first-order valence-electron chi connectivity index (χ1n) is 5.44. The quantitative estimate of drug-likeness (QED) is 0.731. The summed E-state index contributed by atoms with van der Waals surface area (Å²) in [6, 6.07) is 1.30. The summed E-state index contributed by atoms with van der Waals surface area (Å²) in [5.74, 6) is -2.71. The average Bonchev–Trinajstić information content (AvgIpc) is 2.92. The van der Waals surface area contributed by atoms with Gasteiger partial charge in [-0.2, -0.15) is 13.2 Å². The number of halogens is 5. The fourth-order valence-electron chi connectivity index (χ4n) is 1.45. The summed E-state index contributed by atoms with van der Waals surface area (Å²) >= 11 is 12.5. The van der Waals surface area contributed by atoms with Crippen molar-refractivity contribution in [2.75, 3.05) is 6.61 Å². The highest BCUT2D eigenvalue weighted by atomic mass is 35.5. The van der Waals surface area contributed by atoms with E-state index in [-0.39, 0.29) is 20.8 Å². The molecule has 0 N–H and O–H groups in total. The molecule has 114 valence electrons. The van der Waals surface area contributed by atoms with Crippen LogP contribution in [0.1, 0.15) is 23.2 Å². The Morgan fingerprint density at radius 2 is 2.14 bits per heavy atom. The second-order valence-electron chi connectivity index (χ2n) is 3.65. The standard InChI is InChI=1S/C11H6Cl2F3NO3S/c1-2-19-10(18)6-7(11(14,15)16)17-9(20-6)4-3-5(12)21-8(4)13/h3H,2H2,1H3. The van der Waals surface area contributed by atoms with Gasteiger partial charge in [-0.1, -0.05) is 23.2 Å². The lowest BCUT2D eigenvalue weighted by molar-refractivity contribution is -0.141. The van der Waals surface area contributed by atoms with Crippen molar-refractivity contribution in [1.82, 2.24) is 4.98 Å². The van der Waals surface area contributed by atoms with Crippen LogP contribution in [-0.2, 0) is 10.9 Å². The van der Waals surface area contributed by atoms with E-state index in [2.05, 4.69) is 9.72 Å². The smallest absolute Gasteiger partial charge is 0.437 e. The predicted molar refractivity (Wildman–Crippen MR) is 70.8 cm³/mol. The molecule has 0 aliphatic rings. The Kier molecular flexibility index (Phi) is 4.50. The molecule has 0 aliphatic heterocycles. The highest BCUT2D eigenvalue weighted by Crippen LogP contribution is 2.40. The highest BCUT2D eigenvalue weighted by Gasteiger charge is 2.42. The largest absolute Gasteiger partial charge is 0.460 e. The normalized spacial score (nSPS) is 11.7. The Bertz CT molecular complexity index is 681. The van der Waals surface area contributed by atoms with Crippen LogP contribution in [0.3, 0.4) is 0 Å². The topological polar surface area (TPSA) is 52.3 Å². The number of alkyl halides is 3. The molecule has 0 bridgehead atoms. The summed E-state index contributed by atoms with van der Waals surface area (Å²) in [5.41, 5.74) is -1.39. The Balaban J connectivity index is 2.55. The van der Waals surface area contributed by atoms with E-state index < -0.39 is 29.5 Å². The van der Waals surface area contributed by atoms with E-state index >= 15 is 0 Å². The second kappa shape index (κ2) is 5.86. The SMILES string of the molecule is CCOC(=O)c1oc(-c2cc(Cl)sc2Cl)nc1C(F)(F)F. The zero-order chi connectivity index (χ0) is 15.8. The summed E-state index contributed by atoms with van der Waals surface area (Å²) in [7, 11) is 0. The molecular formula is C11H6Cl2F3NO3S. The number of carbonyl (C=O) groups is 1. The third kappa shape index (κ3) is 3.33. The minimum absolute atomic E-state index is 0.0766. The zero-order valence-electron chi connectivity index (χ0n) is 10.3. The number of oxazole rings is 1. The summed E-state index contributed by atoms with van der Waals surface area (Å²) in [6.45, 7) is 1.36. The van der Waals surface area contributed by atoms with Crippen LogP contribution < -0.4 is 0 Å². The van der Waals surface area contributed by atoms with Crippen molar-refractivity contribution in [3.63, 3.8) is 0 Å². The summed E-state index contributed by atoms with van der Waals surface area (Å²) in [5, 5.41) is 0. The first-order valence-corrected chi connectivity index (χ1v) is 7.01. The second-order valence-corrected chi connectivity index (χ2v) is 5.94. The molecule has 0 fully saturated rings. The van der Waals surface area contributed by atoms with Crippen molar-refractivity contribution in [2.45, 2.75) is 13.1 Å². The lowest BCUT2D eigenvalue weighted by Crippen LogP contribution is -2.14. The molecule has 2 aromatic heterocycles. The number of esters is 1. The summed E-state index contributed by atoms with van der Waals surface area (Å²) in [6.07, 6.45) is -4.86. The Morgan fingerprint density at radius 3 is 2.62 bits per heavy atom. The van der Waals surface area contributed by atoms with Crippen molar-refractivity contribution in [1.29, 1.82) is 0 Å². The molecule has 0 aliphatic carbocycles. The van der Waals surface area contributed by atoms with Crippen LogP contribution in [0.4, 0.5) is 13.2 Å². The van der Waals surface area contributed by atoms with Crippen LogP contribution in [0.2, 0.25) is 8.67 Å². The van der Waals surface area contributed by atoms with Gasteiger partial charge in [0, 0.05) is 0 Å². The van der Waals surface area contributed by atoms with Gasteiger partial charge >= 0.3 is 12.1 Å². The minimum Gasteiger partial charge on any atom is -0.460 e. The molecule has 0 aromatic carbocycles. The minimum atomic E-state index is -4.86. The molecular weight excluding hydrogens is 354 g/mol. The van der Waals surface area contributed by atoms with Gasteiger partial charge in [-0.3, -0.25) is 0 Å². The number of carbonyl (C=O) groups excluding carboxylic acids is 1. The van der Waals surface area contributed by atoms with Gasteiger partial charge in [-0.05, 0) is 13.0 Å². The fourth-order valence-corrected chi connectivity index (χ4v) is 2.90. The fraction of sp³-hybridized carbons (Fsp3) is 0.273. The molecule has 0 radical (unpaired) electrons. The van der Waals surface area contributed by atoms with E-state index in [0.717, 1.165) is 11.3 Å². The number of thiophene rings is 1. The van der Waals surface area contributed by atoms with Gasteiger partial charge in [0.1, 0.15) is 4.34 Å². The van der Waals surface area contributed by atoms with Crippen molar-refractivity contribution < 1.29 is 27.1 Å². The van der Waals surface area contributed by atoms with Crippen molar-refractivity contribution in [2.24, 2.45) is 0 Å². The first-order chi connectivity index (χ1) is 9.74. The van der Waals surface area contributed by atoms with Gasteiger partial charge in [0.05, 0.1) is 16.5 Å². The number of hydrogen-bond acceptors (Lipinski definition) is 5. The molecule has 0 spiro atoms. The van der Waals surface area contributed by atoms with E-state index in [1.54, 1.807) is 0 Å². The summed E-state index contributed by atoms with van der Waals surface area (Å²) < 4.78 is 48.5. The van der Waals surface area contributed by atoms with Crippen molar-refractivity contribution in [3.05, 3.63) is 26.2 Å². The molecule has 0 atom stereocenters. The Morgan fingerprint density at radius 1 is 1.48 bits per heavy atom. The van der Waals surface area contributed by atoms with Gasteiger partial charge in [0.2, 0.25) is 11.7 Å². The van der Waals surface area contributed by atoms with Gasteiger partial charge in [-0.15, -0.1) is 11.3 Å². The lowest BCUT2D eigenvalue weighted by Gasteiger charge is -2.03. The van der Waals surface area contributed by atoms with E-state index in [1.165, 1.54) is 13.0 Å². The van der Waals surface area contributed by atoms with Crippen molar-refractivity contribution in [3.8, 4) is 11.5 Å². The Hall–Kier alpha value is -1.25. The number of hydrogen-bond donors (Lipinski definition) is 0. The maximum atomic E-state index is 12.9. The monoisotopic (exact) mass is 359 g/mol. The van der Waals surface area contributed by atoms with Crippen LogP contribution in [0.15, 0.2) is 10.5 Å². The number of aromatic nitrogens is 1. The van der Waals surface area contributed by atoms with Crippen molar-refractivity contribution >= 4 is 40.5 Å². The molecule has 2 rings (SSSR count). The van der Waals surface area contributed by atoms with E-state index in [1.807, 2.05) is 0 Å². The van der Waals surface area contributed by atoms with Crippen LogP contribution in [0.5, 0.6) is 0 Å². The van der Waals surface area contributed by atoms with Crippen LogP contribution in [0, 0.1) is 0 Å². The zero-order valence-corrected chi connectivity index (χ0v) is 12.6. The van der Waals surface area contributed by atoms with E-state index in [9.17, 15) is 18.0 Å². The molecule has 0 amide bonds. The predicted octanol–water partition coefficient (Wildman–Crippen LogP) is 4.91. The average molecular weight is 360 g/mol. The molecule has 0 saturated heterocycles. The number of ether oxygens (including phenoxy) is 1. The highest BCUT2D eigenvalue weighted by molar-refractivity contribution is 7.20. The number of rotatable bonds is 3. The molecule has 2 aromatic rings. The summed E-state index contributed by atoms with van der Waals surface area (Å²) in [4.78, 5) is 14.8. The number of nitrogens with zero attached hydrogens (tertiary/aromatic N) is 1. The van der Waals surface area contributed by atoms with Gasteiger partial charge < -0.3 is 9.15 Å². The molecule has 21 heavy (non-hydrogen) atoms. The molecule has 2 heterocycles. The van der Waals surface area contributed by atoms with Crippen LogP contribution in [0.25, 0.3) is 11.5 Å². The third-order valence-electron chi connectivity index (χ3n) is 2.24. The van der Waals surface area contributed by atoms with Crippen LogP contribution in [-0.4, -0.2) is 17.6 Å². The third-order valence-corrected chi connectivity index (χ3v) is 3.73. The molecule has 4 nitrogen and oxygen atoms in total. The van der Waals surface area contributed by atoms with E-state index in [0.29, 0.717) is 0 Å². The molecule has 0 saturated carbocycles. The maximum Gasteiger partial charge on any atom is 0.437 e. The Labute approximate surface area is 130 Å². The first kappa shape index (κ1) is 16.1. The maximum absolute atomic E-state index is 12.9. The lowest BCUT2D eigenvalue weighted by atomic mass is 10.3. The van der Waals surface area contributed by atoms with Crippen LogP contribution >= 0.6 is 34.5 Å². The van der Waals surface area contributed by atoms with Gasteiger partial charge in [-0.25, -0.2) is 9.78 Å². The van der Waals surface area contributed by atoms with Gasteiger partial charge in [0.15, 0.2) is 5.69 Å². The van der Waals surface area contributed by atoms with Gasteiger partial charge in [0.25, 0.3) is 0 Å². The molecule has 10 heteroatoms. The van der Waals surface area contributed by atoms with E-state index in [4.69, 9.17) is 27.6 Å².